The van der Waals surface area contributed by atoms with E-state index in [1.54, 1.807) is 6.07 Å². The summed E-state index contributed by atoms with van der Waals surface area (Å²) in [6.45, 7) is 0. The first-order valence-corrected chi connectivity index (χ1v) is 5.01. The van der Waals surface area contributed by atoms with Gasteiger partial charge < -0.3 is 11.5 Å². The fourth-order valence-corrected chi connectivity index (χ4v) is 1.39. The molecule has 0 amide bonds. The molecular weight excluding hydrogens is 198 g/mol. The molecule has 0 spiro atoms. The van der Waals surface area contributed by atoms with Crippen LogP contribution in [-0.4, -0.2) is 4.98 Å². The highest BCUT2D eigenvalue weighted by molar-refractivity contribution is 5.74. The van der Waals surface area contributed by atoms with Gasteiger partial charge in [0.25, 0.3) is 0 Å². The molecule has 1 aromatic heterocycles. The zero-order valence-corrected chi connectivity index (χ0v) is 8.80. The first-order chi connectivity index (χ1) is 7.75. The predicted molar refractivity (Wildman–Crippen MR) is 68.4 cm³/mol. The summed E-state index contributed by atoms with van der Waals surface area (Å²) in [5, 5.41) is 0. The van der Waals surface area contributed by atoms with Crippen molar-refractivity contribution in [1.82, 2.24) is 4.98 Å². The largest absolute Gasteiger partial charge is 0.384 e. The number of nitrogens with two attached hydrogens (primary N) is 2. The van der Waals surface area contributed by atoms with Crippen LogP contribution in [0, 0.1) is 0 Å². The molecule has 0 aliphatic carbocycles. The van der Waals surface area contributed by atoms with Crippen LogP contribution in [0.15, 0.2) is 42.5 Å². The number of nitrogen functional groups attached to an aromatic ring is 2. The standard InChI is InChI=1S/C13H13N3/c14-12-9-8-11(13(15)16-12)7-6-10-4-2-1-3-5-10/h1-9H,(H4,14,15,16). The summed E-state index contributed by atoms with van der Waals surface area (Å²) in [6.07, 6.45) is 3.92. The second kappa shape index (κ2) is 4.49. The Labute approximate surface area is 94.4 Å². The van der Waals surface area contributed by atoms with Gasteiger partial charge in [-0.1, -0.05) is 42.5 Å². The third kappa shape index (κ3) is 2.39. The van der Waals surface area contributed by atoms with E-state index in [0.29, 0.717) is 11.6 Å². The molecule has 0 aliphatic heterocycles. The van der Waals surface area contributed by atoms with Gasteiger partial charge in [-0.25, -0.2) is 4.98 Å². The highest BCUT2D eigenvalue weighted by atomic mass is 14.9. The van der Waals surface area contributed by atoms with Crippen LogP contribution < -0.4 is 11.5 Å². The molecule has 2 aromatic rings. The van der Waals surface area contributed by atoms with Crippen LogP contribution in [0.3, 0.4) is 0 Å². The van der Waals surface area contributed by atoms with Gasteiger partial charge in [0.15, 0.2) is 0 Å². The molecule has 0 atom stereocenters. The van der Waals surface area contributed by atoms with E-state index in [4.69, 9.17) is 11.5 Å². The van der Waals surface area contributed by atoms with Crippen molar-refractivity contribution in [3.8, 4) is 0 Å². The van der Waals surface area contributed by atoms with Crippen molar-refractivity contribution in [3.05, 3.63) is 53.6 Å². The van der Waals surface area contributed by atoms with Crippen LogP contribution in [0.4, 0.5) is 11.6 Å². The van der Waals surface area contributed by atoms with E-state index in [0.717, 1.165) is 11.1 Å². The van der Waals surface area contributed by atoms with Crippen LogP contribution in [-0.2, 0) is 0 Å². The summed E-state index contributed by atoms with van der Waals surface area (Å²) in [5.41, 5.74) is 13.3. The normalized spacial score (nSPS) is 10.8. The average Bonchev–Trinajstić information content (AvgIpc) is 2.29. The number of hydrogen-bond acceptors (Lipinski definition) is 3. The Morgan fingerprint density at radius 3 is 2.31 bits per heavy atom. The first kappa shape index (κ1) is 10.2. The van der Waals surface area contributed by atoms with Gasteiger partial charge in [-0.3, -0.25) is 0 Å². The van der Waals surface area contributed by atoms with Gasteiger partial charge in [0.05, 0.1) is 0 Å². The molecule has 0 bridgehead atoms. The second-order valence-electron chi connectivity index (χ2n) is 3.45. The van der Waals surface area contributed by atoms with Crippen molar-refractivity contribution in [1.29, 1.82) is 0 Å². The molecule has 0 aliphatic rings. The Hall–Kier alpha value is -2.29. The van der Waals surface area contributed by atoms with Gasteiger partial charge in [0.2, 0.25) is 0 Å². The van der Waals surface area contributed by atoms with Crippen molar-refractivity contribution in [3.63, 3.8) is 0 Å². The van der Waals surface area contributed by atoms with E-state index >= 15 is 0 Å². The minimum absolute atomic E-state index is 0.439. The molecule has 0 radical (unpaired) electrons. The van der Waals surface area contributed by atoms with Crippen molar-refractivity contribution < 1.29 is 0 Å². The summed E-state index contributed by atoms with van der Waals surface area (Å²) in [7, 11) is 0. The van der Waals surface area contributed by atoms with Gasteiger partial charge in [-0.2, -0.15) is 0 Å². The lowest BCUT2D eigenvalue weighted by Gasteiger charge is -2.00. The molecule has 1 aromatic carbocycles. The van der Waals surface area contributed by atoms with E-state index in [2.05, 4.69) is 4.98 Å². The zero-order valence-electron chi connectivity index (χ0n) is 8.80. The molecule has 3 heteroatoms. The smallest absolute Gasteiger partial charge is 0.133 e. The fourth-order valence-electron chi connectivity index (χ4n) is 1.39. The number of rotatable bonds is 2. The summed E-state index contributed by atoms with van der Waals surface area (Å²) in [4.78, 5) is 3.99. The van der Waals surface area contributed by atoms with E-state index < -0.39 is 0 Å². The molecule has 2 rings (SSSR count). The molecule has 4 N–H and O–H groups in total. The van der Waals surface area contributed by atoms with Gasteiger partial charge in [0.1, 0.15) is 11.6 Å². The maximum atomic E-state index is 5.74. The maximum absolute atomic E-state index is 5.74. The van der Waals surface area contributed by atoms with E-state index in [1.165, 1.54) is 0 Å². The lowest BCUT2D eigenvalue weighted by atomic mass is 10.1. The topological polar surface area (TPSA) is 64.9 Å². The molecule has 1 heterocycles. The van der Waals surface area contributed by atoms with Crippen LogP contribution in [0.5, 0.6) is 0 Å². The SMILES string of the molecule is Nc1ccc(C=Cc2ccccc2)c(N)n1. The molecule has 16 heavy (non-hydrogen) atoms. The minimum Gasteiger partial charge on any atom is -0.384 e. The Kier molecular flexibility index (Phi) is 2.87. The second-order valence-corrected chi connectivity index (χ2v) is 3.45. The number of anilines is 2. The van der Waals surface area contributed by atoms with E-state index in [-0.39, 0.29) is 0 Å². The first-order valence-electron chi connectivity index (χ1n) is 5.01. The maximum Gasteiger partial charge on any atom is 0.133 e. The molecule has 0 saturated carbocycles. The molecular formula is C13H13N3. The van der Waals surface area contributed by atoms with E-state index in [9.17, 15) is 0 Å². The van der Waals surface area contributed by atoms with Crippen LogP contribution in [0.25, 0.3) is 12.2 Å². The summed E-state index contributed by atoms with van der Waals surface area (Å²) >= 11 is 0. The van der Waals surface area contributed by atoms with Crippen molar-refractivity contribution in [2.45, 2.75) is 0 Å². The van der Waals surface area contributed by atoms with Gasteiger partial charge in [0, 0.05) is 5.56 Å². The molecule has 0 unspecified atom stereocenters. The average molecular weight is 211 g/mol. The van der Waals surface area contributed by atoms with E-state index in [1.807, 2.05) is 48.6 Å². The highest BCUT2D eigenvalue weighted by Gasteiger charge is 1.96. The van der Waals surface area contributed by atoms with Crippen molar-refractivity contribution in [2.24, 2.45) is 0 Å². The number of pyridine rings is 1. The van der Waals surface area contributed by atoms with Gasteiger partial charge in [-0.05, 0) is 17.7 Å². The number of nitrogens with zero attached hydrogens (tertiary/aromatic N) is 1. The number of aromatic nitrogens is 1. The number of benzene rings is 1. The van der Waals surface area contributed by atoms with Gasteiger partial charge in [-0.15, -0.1) is 0 Å². The van der Waals surface area contributed by atoms with Crippen molar-refractivity contribution in [2.75, 3.05) is 11.5 Å². The molecule has 3 nitrogen and oxygen atoms in total. The Morgan fingerprint density at radius 2 is 1.62 bits per heavy atom. The monoisotopic (exact) mass is 211 g/mol. The van der Waals surface area contributed by atoms with Gasteiger partial charge >= 0.3 is 0 Å². The molecule has 80 valence electrons. The quantitative estimate of drug-likeness (QED) is 0.801. The Balaban J connectivity index is 2.24. The minimum atomic E-state index is 0.439. The summed E-state index contributed by atoms with van der Waals surface area (Å²) in [6, 6.07) is 13.6. The lowest BCUT2D eigenvalue weighted by Crippen LogP contribution is -1.97. The third-order valence-corrected chi connectivity index (χ3v) is 2.23. The third-order valence-electron chi connectivity index (χ3n) is 2.23. The summed E-state index contributed by atoms with van der Waals surface area (Å²) in [5.74, 6) is 0.890. The van der Waals surface area contributed by atoms with Crippen LogP contribution >= 0.6 is 0 Å². The van der Waals surface area contributed by atoms with Crippen LogP contribution in [0.2, 0.25) is 0 Å². The highest BCUT2D eigenvalue weighted by Crippen LogP contribution is 2.14. The predicted octanol–water partition coefficient (Wildman–Crippen LogP) is 2.42. The summed E-state index contributed by atoms with van der Waals surface area (Å²) < 4.78 is 0. The van der Waals surface area contributed by atoms with Crippen LogP contribution in [0.1, 0.15) is 11.1 Å². The number of hydrogen-bond donors (Lipinski definition) is 2. The fraction of sp³-hybridized carbons (Fsp3) is 0. The van der Waals surface area contributed by atoms with Crippen molar-refractivity contribution >= 4 is 23.8 Å². The lowest BCUT2D eigenvalue weighted by molar-refractivity contribution is 1.33. The zero-order chi connectivity index (χ0) is 11.4. The molecule has 0 fully saturated rings. The molecule has 0 saturated heterocycles. The Bertz CT molecular complexity index is 504. The Morgan fingerprint density at radius 1 is 0.875 bits per heavy atom.